The first-order valence-corrected chi connectivity index (χ1v) is 7.08. The lowest BCUT2D eigenvalue weighted by atomic mass is 10.2. The van der Waals surface area contributed by atoms with Crippen LogP contribution in [0.4, 0.5) is 5.69 Å². The first kappa shape index (κ1) is 13.4. The third kappa shape index (κ3) is 3.27. The Kier molecular flexibility index (Phi) is 3.77. The Hall–Kier alpha value is -1.99. The first-order chi connectivity index (χ1) is 8.99. The summed E-state index contributed by atoms with van der Waals surface area (Å²) in [6.07, 6.45) is 2.92. The fourth-order valence-corrected chi connectivity index (χ4v) is 2.49. The molecule has 1 aromatic heterocycles. The second-order valence-corrected chi connectivity index (χ2v) is 5.81. The van der Waals surface area contributed by atoms with E-state index in [0.717, 1.165) is 5.56 Å². The van der Waals surface area contributed by atoms with Gasteiger partial charge in [-0.2, -0.15) is 0 Å². The summed E-state index contributed by atoms with van der Waals surface area (Å²) in [7, 11) is -3.59. The molecule has 0 aliphatic carbocycles. The van der Waals surface area contributed by atoms with Gasteiger partial charge < -0.3 is 5.73 Å². The van der Waals surface area contributed by atoms with E-state index >= 15 is 0 Å². The average Bonchev–Trinajstić information content (AvgIpc) is 2.41. The summed E-state index contributed by atoms with van der Waals surface area (Å²) < 4.78 is 26.6. The van der Waals surface area contributed by atoms with Crippen molar-refractivity contribution in [3.8, 4) is 0 Å². The first-order valence-electron chi connectivity index (χ1n) is 5.60. The predicted octanol–water partition coefficient (Wildman–Crippen LogP) is 0.846. The van der Waals surface area contributed by atoms with Gasteiger partial charge in [-0.1, -0.05) is 6.07 Å². The van der Waals surface area contributed by atoms with E-state index in [1.807, 2.05) is 6.92 Å². The van der Waals surface area contributed by atoms with Crippen molar-refractivity contribution in [1.29, 1.82) is 0 Å². The maximum Gasteiger partial charge on any atom is 0.240 e. The molecule has 0 bridgehead atoms. The van der Waals surface area contributed by atoms with E-state index in [1.54, 1.807) is 18.3 Å². The van der Waals surface area contributed by atoms with Crippen molar-refractivity contribution in [1.82, 2.24) is 14.7 Å². The molecule has 100 valence electrons. The molecule has 0 saturated heterocycles. The van der Waals surface area contributed by atoms with Crippen molar-refractivity contribution in [2.45, 2.75) is 18.4 Å². The molecule has 0 fully saturated rings. The van der Waals surface area contributed by atoms with Crippen LogP contribution in [0.2, 0.25) is 0 Å². The monoisotopic (exact) mass is 278 g/mol. The molecule has 0 saturated carbocycles. The van der Waals surface area contributed by atoms with Crippen molar-refractivity contribution in [3.05, 3.63) is 48.0 Å². The lowest BCUT2D eigenvalue weighted by Crippen LogP contribution is -2.23. The van der Waals surface area contributed by atoms with E-state index in [4.69, 9.17) is 5.73 Å². The van der Waals surface area contributed by atoms with E-state index in [-0.39, 0.29) is 11.4 Å². The van der Waals surface area contributed by atoms with Crippen molar-refractivity contribution in [2.75, 3.05) is 5.73 Å². The van der Waals surface area contributed by atoms with E-state index < -0.39 is 10.0 Å². The minimum Gasteiger partial charge on any atom is -0.398 e. The Morgan fingerprint density at radius 2 is 2.11 bits per heavy atom. The number of aryl methyl sites for hydroxylation is 1. The van der Waals surface area contributed by atoms with Crippen LogP contribution in [-0.4, -0.2) is 18.4 Å². The second-order valence-electron chi connectivity index (χ2n) is 4.04. The van der Waals surface area contributed by atoms with Gasteiger partial charge in [0.15, 0.2) is 0 Å². The Morgan fingerprint density at radius 3 is 2.74 bits per heavy atom. The number of sulfonamides is 1. The molecule has 7 heteroatoms. The Balaban J connectivity index is 2.16. The fourth-order valence-electron chi connectivity index (χ4n) is 1.46. The molecule has 2 rings (SSSR count). The average molecular weight is 278 g/mol. The van der Waals surface area contributed by atoms with Gasteiger partial charge in [0.1, 0.15) is 6.33 Å². The van der Waals surface area contributed by atoms with Gasteiger partial charge in [0.2, 0.25) is 10.0 Å². The van der Waals surface area contributed by atoms with Crippen LogP contribution < -0.4 is 10.5 Å². The number of nitrogens with one attached hydrogen (secondary N) is 1. The van der Waals surface area contributed by atoms with Crippen LogP contribution in [0.15, 0.2) is 41.7 Å². The summed E-state index contributed by atoms with van der Waals surface area (Å²) in [4.78, 5) is 7.85. The largest absolute Gasteiger partial charge is 0.398 e. The number of nitrogens with zero attached hydrogens (tertiary/aromatic N) is 2. The van der Waals surface area contributed by atoms with Crippen molar-refractivity contribution < 1.29 is 8.42 Å². The number of hydrogen-bond donors (Lipinski definition) is 2. The summed E-state index contributed by atoms with van der Waals surface area (Å²) in [5.74, 6) is 0. The maximum absolute atomic E-state index is 12.1. The molecule has 0 amide bonds. The standard InChI is InChI=1S/C12H14N4O2S/c1-9-2-3-11(6-12(9)13)19(17,18)16-7-10-4-5-14-8-15-10/h2-6,8,16H,7,13H2,1H3. The smallest absolute Gasteiger partial charge is 0.240 e. The normalized spacial score (nSPS) is 11.4. The number of rotatable bonds is 4. The van der Waals surface area contributed by atoms with Gasteiger partial charge in [0.25, 0.3) is 0 Å². The number of nitrogen functional groups attached to an aromatic ring is 1. The number of benzene rings is 1. The topological polar surface area (TPSA) is 98.0 Å². The summed E-state index contributed by atoms with van der Waals surface area (Å²) in [6, 6.07) is 6.28. The molecule has 0 unspecified atom stereocenters. The van der Waals surface area contributed by atoms with Gasteiger partial charge in [-0.25, -0.2) is 23.1 Å². The Bertz CT molecular complexity index is 671. The number of anilines is 1. The zero-order chi connectivity index (χ0) is 13.9. The molecule has 1 aromatic carbocycles. The van der Waals surface area contributed by atoms with Crippen molar-refractivity contribution in [2.24, 2.45) is 0 Å². The molecular formula is C12H14N4O2S. The van der Waals surface area contributed by atoms with Gasteiger partial charge in [-0.3, -0.25) is 0 Å². The lowest BCUT2D eigenvalue weighted by Gasteiger charge is -2.08. The van der Waals surface area contributed by atoms with Crippen LogP contribution in [0.5, 0.6) is 0 Å². The van der Waals surface area contributed by atoms with Crippen molar-refractivity contribution in [3.63, 3.8) is 0 Å². The van der Waals surface area contributed by atoms with Gasteiger partial charge in [-0.15, -0.1) is 0 Å². The minimum atomic E-state index is -3.59. The number of hydrogen-bond acceptors (Lipinski definition) is 5. The second kappa shape index (κ2) is 5.33. The highest BCUT2D eigenvalue weighted by Gasteiger charge is 2.14. The molecular weight excluding hydrogens is 264 g/mol. The van der Waals surface area contributed by atoms with Crippen LogP contribution in [0.3, 0.4) is 0 Å². The summed E-state index contributed by atoms with van der Waals surface area (Å²) in [5.41, 5.74) is 7.60. The Labute approximate surface area is 111 Å². The van der Waals surface area contributed by atoms with Crippen LogP contribution >= 0.6 is 0 Å². The molecule has 0 radical (unpaired) electrons. The van der Waals surface area contributed by atoms with Crippen molar-refractivity contribution >= 4 is 15.7 Å². The van der Waals surface area contributed by atoms with Gasteiger partial charge in [0, 0.05) is 11.9 Å². The van der Waals surface area contributed by atoms with Gasteiger partial charge in [-0.05, 0) is 30.7 Å². The zero-order valence-electron chi connectivity index (χ0n) is 10.4. The van der Waals surface area contributed by atoms with E-state index in [2.05, 4.69) is 14.7 Å². The van der Waals surface area contributed by atoms with Crippen LogP contribution in [0.25, 0.3) is 0 Å². The number of nitrogens with two attached hydrogens (primary N) is 1. The molecule has 19 heavy (non-hydrogen) atoms. The highest BCUT2D eigenvalue weighted by Crippen LogP contribution is 2.17. The van der Waals surface area contributed by atoms with Crippen LogP contribution in [0.1, 0.15) is 11.3 Å². The SMILES string of the molecule is Cc1ccc(S(=O)(=O)NCc2ccncn2)cc1N. The summed E-state index contributed by atoms with van der Waals surface area (Å²) in [5, 5.41) is 0. The quantitative estimate of drug-likeness (QED) is 0.808. The third-order valence-corrected chi connectivity index (χ3v) is 4.05. The fraction of sp³-hybridized carbons (Fsp3) is 0.167. The highest BCUT2D eigenvalue weighted by molar-refractivity contribution is 7.89. The lowest BCUT2D eigenvalue weighted by molar-refractivity contribution is 0.580. The highest BCUT2D eigenvalue weighted by atomic mass is 32.2. The number of aromatic nitrogens is 2. The molecule has 0 aliphatic rings. The van der Waals surface area contributed by atoms with E-state index in [1.165, 1.54) is 18.5 Å². The van der Waals surface area contributed by atoms with Crippen LogP contribution in [-0.2, 0) is 16.6 Å². The molecule has 0 atom stereocenters. The molecule has 6 nitrogen and oxygen atoms in total. The van der Waals surface area contributed by atoms with E-state index in [9.17, 15) is 8.42 Å². The molecule has 3 N–H and O–H groups in total. The maximum atomic E-state index is 12.1. The van der Waals surface area contributed by atoms with Crippen LogP contribution in [0, 0.1) is 6.92 Å². The van der Waals surface area contributed by atoms with Gasteiger partial charge >= 0.3 is 0 Å². The van der Waals surface area contributed by atoms with E-state index in [0.29, 0.717) is 11.4 Å². The molecule has 2 aromatic rings. The predicted molar refractivity (Wildman–Crippen MR) is 71.6 cm³/mol. The Morgan fingerprint density at radius 1 is 1.32 bits per heavy atom. The van der Waals surface area contributed by atoms with Gasteiger partial charge in [0.05, 0.1) is 17.1 Å². The molecule has 0 aliphatic heterocycles. The third-order valence-electron chi connectivity index (χ3n) is 2.65. The summed E-state index contributed by atoms with van der Waals surface area (Å²) in [6.45, 7) is 1.93. The molecule has 0 spiro atoms. The molecule has 1 heterocycles. The zero-order valence-corrected chi connectivity index (χ0v) is 11.2. The minimum absolute atomic E-state index is 0.110. The summed E-state index contributed by atoms with van der Waals surface area (Å²) >= 11 is 0.